The van der Waals surface area contributed by atoms with Gasteiger partial charge >= 0.3 is 0 Å². The van der Waals surface area contributed by atoms with E-state index in [1.807, 2.05) is 70.3 Å². The van der Waals surface area contributed by atoms with Crippen LogP contribution >= 0.6 is 0 Å². The number of carbonyl (C=O) groups is 2. The predicted molar refractivity (Wildman–Crippen MR) is 210 cm³/mol. The van der Waals surface area contributed by atoms with Crippen LogP contribution in [0.1, 0.15) is 95.8 Å². The first-order chi connectivity index (χ1) is 24.8. The van der Waals surface area contributed by atoms with E-state index in [4.69, 9.17) is 13.7 Å². The number of ketones is 2. The van der Waals surface area contributed by atoms with Gasteiger partial charge in [0.25, 0.3) is 5.88 Å². The van der Waals surface area contributed by atoms with Gasteiger partial charge in [0.05, 0.1) is 6.04 Å². The molecule has 0 bridgehead atoms. The van der Waals surface area contributed by atoms with E-state index in [1.54, 1.807) is 0 Å². The molecule has 2 aromatic carbocycles. The number of aryl methyl sites for hydroxylation is 1. The summed E-state index contributed by atoms with van der Waals surface area (Å²) in [6.07, 6.45) is 0.971. The number of Topliss-reactive ketones (excluding diaryl/α,β-unsaturated/α-hetero) is 2. The van der Waals surface area contributed by atoms with Gasteiger partial charge in [-0.1, -0.05) is 71.0 Å². The van der Waals surface area contributed by atoms with Gasteiger partial charge in [-0.25, -0.2) is 0 Å². The molecule has 53 heavy (non-hydrogen) atoms. The van der Waals surface area contributed by atoms with E-state index in [0.717, 1.165) is 34.5 Å². The molecular formula is C42H58N4O6Si. The minimum Gasteiger partial charge on any atom is -0.508 e. The van der Waals surface area contributed by atoms with Crippen LogP contribution in [0.15, 0.2) is 52.3 Å². The second kappa shape index (κ2) is 14.1. The van der Waals surface area contributed by atoms with Crippen molar-refractivity contribution in [3.8, 4) is 5.88 Å². The highest BCUT2D eigenvalue weighted by molar-refractivity contribution is 6.74. The molecule has 11 heteroatoms. The Morgan fingerprint density at radius 3 is 2.38 bits per heavy atom. The van der Waals surface area contributed by atoms with Crippen LogP contribution in [-0.2, 0) is 24.0 Å². The topological polar surface area (TPSA) is 117 Å². The van der Waals surface area contributed by atoms with Gasteiger partial charge < -0.3 is 29.0 Å². The number of nitrogens with zero attached hydrogens (tertiary/aromatic N) is 3. The van der Waals surface area contributed by atoms with Gasteiger partial charge in [0.2, 0.25) is 5.78 Å². The van der Waals surface area contributed by atoms with Crippen LogP contribution in [0.2, 0.25) is 18.1 Å². The number of carbonyl (C=O) groups excluding carboxylic acids is 2. The Balaban J connectivity index is 1.56. The van der Waals surface area contributed by atoms with Crippen LogP contribution in [0.5, 0.6) is 5.88 Å². The number of hydrogen-bond donors (Lipinski definition) is 2. The number of ether oxygens (including phenoxy) is 1. The van der Waals surface area contributed by atoms with Gasteiger partial charge in [-0.05, 0) is 97.8 Å². The van der Waals surface area contributed by atoms with Crippen LogP contribution in [0, 0.1) is 24.7 Å². The van der Waals surface area contributed by atoms with Crippen molar-refractivity contribution in [1.29, 1.82) is 0 Å². The fraction of sp³-hybridized carbons (Fsp3) is 0.548. The highest BCUT2D eigenvalue weighted by atomic mass is 28.4. The second-order valence-electron chi connectivity index (χ2n) is 17.6. The molecule has 3 aliphatic rings. The van der Waals surface area contributed by atoms with Gasteiger partial charge in [0.15, 0.2) is 25.5 Å². The van der Waals surface area contributed by atoms with E-state index in [9.17, 15) is 5.11 Å². The number of hydrogen-bond acceptors (Lipinski definition) is 10. The molecule has 3 aliphatic carbocycles. The van der Waals surface area contributed by atoms with Crippen molar-refractivity contribution in [3.63, 3.8) is 0 Å². The molecule has 0 spiro atoms. The molecule has 2 N–H and O–H groups in total. The minimum absolute atomic E-state index is 0.0580. The number of benzene rings is 2. The maximum absolute atomic E-state index is 15.5. The number of allylic oxidation sites excluding steroid dienone is 1. The zero-order chi connectivity index (χ0) is 38.8. The summed E-state index contributed by atoms with van der Waals surface area (Å²) in [5, 5.41) is 20.5. The number of rotatable bonds is 11. The van der Waals surface area contributed by atoms with Crippen LogP contribution in [-0.4, -0.2) is 75.4 Å². The molecule has 0 radical (unpaired) electrons. The van der Waals surface area contributed by atoms with Crippen molar-refractivity contribution in [1.82, 2.24) is 15.4 Å². The normalized spacial score (nSPS) is 22.9. The summed E-state index contributed by atoms with van der Waals surface area (Å²) in [5.41, 5.74) is 4.12. The first-order valence-corrected chi connectivity index (χ1v) is 21.8. The van der Waals surface area contributed by atoms with E-state index in [1.165, 1.54) is 0 Å². The third kappa shape index (κ3) is 6.57. The fourth-order valence-corrected chi connectivity index (χ4v) is 9.96. The first kappa shape index (κ1) is 38.9. The molecule has 0 saturated carbocycles. The van der Waals surface area contributed by atoms with E-state index >= 15 is 9.59 Å². The molecule has 0 amide bonds. The monoisotopic (exact) mass is 742 g/mol. The van der Waals surface area contributed by atoms with Crippen LogP contribution < -0.4 is 15.0 Å². The Labute approximate surface area is 316 Å². The average Bonchev–Trinajstić information content (AvgIpc) is 3.47. The van der Waals surface area contributed by atoms with E-state index in [0.29, 0.717) is 36.6 Å². The smallest absolute Gasteiger partial charge is 0.265 e. The number of nitrogens with one attached hydrogen (secondary N) is 1. The van der Waals surface area contributed by atoms with Gasteiger partial charge in [-0.15, -0.1) is 0 Å². The molecule has 0 unspecified atom stereocenters. The minimum atomic E-state index is -2.81. The molecule has 6 rings (SSSR count). The van der Waals surface area contributed by atoms with Crippen molar-refractivity contribution in [2.45, 2.75) is 97.3 Å². The Morgan fingerprint density at radius 2 is 1.77 bits per heavy atom. The Kier molecular flexibility index (Phi) is 10.4. The first-order valence-electron chi connectivity index (χ1n) is 18.9. The SMILES string of the molecule is Cc1cc(CNCC(C)C)c(N(C)C)c2c1C(=O)C1=C(O)[C@]3(O[Si](C)(C)C(C)(C)C)C(=O)c4c(OCc5ccccc5)noc4[C@@H](N(C)C)[C@@H]3C[C@@H]1C2. The molecule has 1 heterocycles. The lowest BCUT2D eigenvalue weighted by molar-refractivity contribution is -0.0480. The quantitative estimate of drug-likeness (QED) is 0.188. The molecule has 10 nitrogen and oxygen atoms in total. The molecular weight excluding hydrogens is 685 g/mol. The summed E-state index contributed by atoms with van der Waals surface area (Å²) in [6.45, 7) is 18.6. The van der Waals surface area contributed by atoms with Crippen molar-refractivity contribution < 1.29 is 28.4 Å². The van der Waals surface area contributed by atoms with Gasteiger partial charge in [-0.2, -0.15) is 0 Å². The van der Waals surface area contributed by atoms with Crippen molar-refractivity contribution >= 4 is 25.6 Å². The fourth-order valence-electron chi connectivity index (χ4n) is 8.51. The molecule has 0 saturated heterocycles. The van der Waals surface area contributed by atoms with Gasteiger partial charge in [0, 0.05) is 43.4 Å². The maximum Gasteiger partial charge on any atom is 0.265 e. The summed E-state index contributed by atoms with van der Waals surface area (Å²) in [5.74, 6) is -0.949. The molecule has 3 aromatic rings. The molecule has 4 atom stereocenters. The van der Waals surface area contributed by atoms with Crippen molar-refractivity contribution in [3.05, 3.63) is 86.9 Å². The highest BCUT2D eigenvalue weighted by Crippen LogP contribution is 2.60. The van der Waals surface area contributed by atoms with Crippen molar-refractivity contribution in [2.75, 3.05) is 39.6 Å². The summed E-state index contributed by atoms with van der Waals surface area (Å²) in [6, 6.07) is 11.2. The molecule has 1 aromatic heterocycles. The third-order valence-corrected chi connectivity index (χ3v) is 16.3. The van der Waals surface area contributed by atoms with Crippen LogP contribution in [0.3, 0.4) is 0 Å². The number of anilines is 1. The second-order valence-corrected chi connectivity index (χ2v) is 22.4. The van der Waals surface area contributed by atoms with Gasteiger partial charge in [-0.3, -0.25) is 14.5 Å². The average molecular weight is 743 g/mol. The lowest BCUT2D eigenvalue weighted by Crippen LogP contribution is -2.65. The number of fused-ring (bicyclic) bond motifs is 4. The Morgan fingerprint density at radius 1 is 1.09 bits per heavy atom. The zero-order valence-electron chi connectivity index (χ0n) is 33.6. The van der Waals surface area contributed by atoms with E-state index in [-0.39, 0.29) is 46.1 Å². The third-order valence-electron chi connectivity index (χ3n) is 11.9. The number of aliphatic hydroxyl groups is 1. The van der Waals surface area contributed by atoms with Crippen LogP contribution in [0.25, 0.3) is 0 Å². The largest absolute Gasteiger partial charge is 0.508 e. The summed E-state index contributed by atoms with van der Waals surface area (Å²) in [7, 11) is 5.11. The number of aromatic nitrogens is 1. The summed E-state index contributed by atoms with van der Waals surface area (Å²) >= 11 is 0. The standard InChI is InChI=1S/C42H58N4O6Si/c1-24(2)21-43-22-28-18-25(3)31-29(34(28)45(7)8)19-27-20-30-35(46(9)10)37-33(40(44-51-37)50-23-26-16-14-13-15-17-26)39(49)42(30,38(48)32(27)36(31)47)52-53(11,12)41(4,5)6/h13-18,24,27,30,35,43,48H,19-23H2,1-12H3/t27-,30-,35-,42-/m0/s1. The van der Waals surface area contributed by atoms with Crippen LogP contribution in [0.4, 0.5) is 5.69 Å². The van der Waals surface area contributed by atoms with Gasteiger partial charge in [0.1, 0.15) is 17.9 Å². The number of aliphatic hydroxyl groups excluding tert-OH is 1. The molecule has 0 fully saturated rings. The highest BCUT2D eigenvalue weighted by Gasteiger charge is 2.67. The predicted octanol–water partition coefficient (Wildman–Crippen LogP) is 7.82. The Bertz CT molecular complexity index is 1920. The van der Waals surface area contributed by atoms with E-state index in [2.05, 4.69) is 69.2 Å². The molecule has 0 aliphatic heterocycles. The Hall–Kier alpha value is -3.77. The lowest BCUT2D eigenvalue weighted by Gasteiger charge is -2.55. The maximum atomic E-state index is 15.5. The summed E-state index contributed by atoms with van der Waals surface area (Å²) in [4.78, 5) is 34.6. The lowest BCUT2D eigenvalue weighted by atomic mass is 9.58. The molecule has 286 valence electrons. The summed E-state index contributed by atoms with van der Waals surface area (Å²) < 4.78 is 19.5. The van der Waals surface area contributed by atoms with Crippen molar-refractivity contribution in [2.24, 2.45) is 17.8 Å². The van der Waals surface area contributed by atoms with E-state index < -0.39 is 31.7 Å². The zero-order valence-corrected chi connectivity index (χ0v) is 34.6.